The molecular formula is C19H18FN3O2S. The highest BCUT2D eigenvalue weighted by Gasteiger charge is 2.14. The van der Waals surface area contributed by atoms with E-state index in [1.165, 1.54) is 24.5 Å². The topological polar surface area (TPSA) is 55.3 Å². The van der Waals surface area contributed by atoms with Gasteiger partial charge in [-0.3, -0.25) is 9.78 Å². The number of ether oxygens (including phenoxy) is 1. The summed E-state index contributed by atoms with van der Waals surface area (Å²) in [7, 11) is 3.11. The van der Waals surface area contributed by atoms with Crippen molar-refractivity contribution in [3.8, 4) is 16.5 Å². The first kappa shape index (κ1) is 18.0. The van der Waals surface area contributed by atoms with Crippen LogP contribution in [0, 0.1) is 5.82 Å². The number of carbonyl (C=O) groups excluding carboxylic acids is 1. The molecule has 0 atom stereocenters. The van der Waals surface area contributed by atoms with Crippen LogP contribution < -0.4 is 4.74 Å². The highest BCUT2D eigenvalue weighted by atomic mass is 32.1. The van der Waals surface area contributed by atoms with Crippen molar-refractivity contribution in [1.29, 1.82) is 0 Å². The van der Waals surface area contributed by atoms with E-state index in [9.17, 15) is 9.18 Å². The summed E-state index contributed by atoms with van der Waals surface area (Å²) in [4.78, 5) is 22.7. The lowest BCUT2D eigenvalue weighted by Crippen LogP contribution is -2.27. The number of halogens is 1. The van der Waals surface area contributed by atoms with Crippen molar-refractivity contribution in [2.24, 2.45) is 0 Å². The lowest BCUT2D eigenvalue weighted by molar-refractivity contribution is -0.129. The van der Waals surface area contributed by atoms with Crippen molar-refractivity contribution < 1.29 is 13.9 Å². The number of methoxy groups -OCH3 is 1. The van der Waals surface area contributed by atoms with Crippen LogP contribution in [0.3, 0.4) is 0 Å². The summed E-state index contributed by atoms with van der Waals surface area (Å²) in [5.74, 6) is -0.336. The first-order valence-electron chi connectivity index (χ1n) is 7.99. The van der Waals surface area contributed by atoms with Crippen LogP contribution in [0.4, 0.5) is 4.39 Å². The van der Waals surface area contributed by atoms with Crippen LogP contribution in [-0.2, 0) is 17.8 Å². The molecule has 0 aliphatic carbocycles. The molecule has 0 bridgehead atoms. The zero-order valence-electron chi connectivity index (χ0n) is 14.5. The number of aromatic nitrogens is 2. The molecule has 26 heavy (non-hydrogen) atoms. The minimum Gasteiger partial charge on any atom is -0.494 e. The molecular weight excluding hydrogens is 353 g/mol. The second kappa shape index (κ2) is 8.05. The van der Waals surface area contributed by atoms with Crippen LogP contribution in [0.5, 0.6) is 5.75 Å². The number of hydrogen-bond donors (Lipinski definition) is 0. The first-order chi connectivity index (χ1) is 12.6. The zero-order valence-corrected chi connectivity index (χ0v) is 15.3. The van der Waals surface area contributed by atoms with Crippen LogP contribution in [0.15, 0.2) is 48.0 Å². The Morgan fingerprint density at radius 2 is 2.15 bits per heavy atom. The molecule has 0 spiro atoms. The van der Waals surface area contributed by atoms with Gasteiger partial charge >= 0.3 is 0 Å². The quantitative estimate of drug-likeness (QED) is 0.665. The molecule has 2 aromatic heterocycles. The van der Waals surface area contributed by atoms with Crippen molar-refractivity contribution in [3.63, 3.8) is 0 Å². The maximum atomic E-state index is 13.8. The Morgan fingerprint density at radius 1 is 1.31 bits per heavy atom. The molecule has 0 saturated carbocycles. The second-order valence-electron chi connectivity index (χ2n) is 5.75. The second-order valence-corrected chi connectivity index (χ2v) is 6.61. The number of benzene rings is 1. The van der Waals surface area contributed by atoms with Gasteiger partial charge in [-0.25, -0.2) is 9.37 Å². The van der Waals surface area contributed by atoms with E-state index in [-0.39, 0.29) is 18.1 Å². The molecule has 0 saturated heterocycles. The minimum atomic E-state index is -0.439. The summed E-state index contributed by atoms with van der Waals surface area (Å²) in [6, 6.07) is 10.3. The molecule has 0 fully saturated rings. The Balaban J connectivity index is 1.63. The summed E-state index contributed by atoms with van der Waals surface area (Å²) < 4.78 is 18.7. The van der Waals surface area contributed by atoms with Crippen LogP contribution >= 0.6 is 11.3 Å². The molecule has 0 aliphatic heterocycles. The number of hydrogen-bond acceptors (Lipinski definition) is 5. The fourth-order valence-corrected chi connectivity index (χ4v) is 3.25. The van der Waals surface area contributed by atoms with Gasteiger partial charge in [0.2, 0.25) is 5.91 Å². The molecule has 0 unspecified atom stereocenters. The number of amides is 1. The fourth-order valence-electron chi connectivity index (χ4n) is 2.46. The Morgan fingerprint density at radius 3 is 2.85 bits per heavy atom. The summed E-state index contributed by atoms with van der Waals surface area (Å²) in [6.45, 7) is 0.316. The van der Waals surface area contributed by atoms with E-state index in [0.29, 0.717) is 17.8 Å². The summed E-state index contributed by atoms with van der Waals surface area (Å²) in [5, 5.41) is 2.65. The van der Waals surface area contributed by atoms with Gasteiger partial charge in [0.15, 0.2) is 11.6 Å². The van der Waals surface area contributed by atoms with E-state index < -0.39 is 5.82 Å². The molecule has 5 nitrogen and oxygen atoms in total. The van der Waals surface area contributed by atoms with E-state index in [1.54, 1.807) is 30.3 Å². The van der Waals surface area contributed by atoms with E-state index >= 15 is 0 Å². The van der Waals surface area contributed by atoms with Gasteiger partial charge in [0.05, 0.1) is 24.9 Å². The third-order valence-electron chi connectivity index (χ3n) is 3.83. The molecule has 3 rings (SSSR count). The van der Waals surface area contributed by atoms with Crippen molar-refractivity contribution in [2.75, 3.05) is 14.2 Å². The predicted octanol–water partition coefficient (Wildman–Crippen LogP) is 3.55. The maximum Gasteiger partial charge on any atom is 0.228 e. The van der Waals surface area contributed by atoms with Gasteiger partial charge in [0.1, 0.15) is 5.01 Å². The third-order valence-corrected chi connectivity index (χ3v) is 4.74. The predicted molar refractivity (Wildman–Crippen MR) is 98.5 cm³/mol. The van der Waals surface area contributed by atoms with Gasteiger partial charge in [-0.2, -0.15) is 0 Å². The van der Waals surface area contributed by atoms with Crippen molar-refractivity contribution in [3.05, 3.63) is 65.0 Å². The van der Waals surface area contributed by atoms with Gasteiger partial charge in [0.25, 0.3) is 0 Å². The molecule has 1 amide bonds. The molecule has 0 radical (unpaired) electrons. The molecule has 134 valence electrons. The number of likely N-dealkylation sites (N-methyl/N-ethyl adjacent to an activating group) is 1. The standard InChI is InChI=1S/C19H18FN3O2S/c1-23(11-13-6-7-17(25-2)15(20)9-13)18(24)10-14-12-26-19(22-14)16-5-3-4-8-21-16/h3-9,12H,10-11H2,1-2H3. The summed E-state index contributed by atoms with van der Waals surface area (Å²) in [5.41, 5.74) is 2.19. The normalized spacial score (nSPS) is 10.6. The van der Waals surface area contributed by atoms with E-state index in [1.807, 2.05) is 23.6 Å². The third kappa shape index (κ3) is 4.23. The molecule has 2 heterocycles. The molecule has 3 aromatic rings. The van der Waals surface area contributed by atoms with Crippen LogP contribution in [0.25, 0.3) is 10.7 Å². The van der Waals surface area contributed by atoms with Crippen LogP contribution in [0.1, 0.15) is 11.3 Å². The van der Waals surface area contributed by atoms with Crippen molar-refractivity contribution in [1.82, 2.24) is 14.9 Å². The van der Waals surface area contributed by atoms with E-state index in [2.05, 4.69) is 9.97 Å². The largest absolute Gasteiger partial charge is 0.494 e. The molecule has 0 N–H and O–H groups in total. The van der Waals surface area contributed by atoms with Crippen molar-refractivity contribution in [2.45, 2.75) is 13.0 Å². The summed E-state index contributed by atoms with van der Waals surface area (Å²) >= 11 is 1.46. The zero-order chi connectivity index (χ0) is 18.5. The van der Waals surface area contributed by atoms with Gasteiger partial charge in [0, 0.05) is 25.2 Å². The number of nitrogens with zero attached hydrogens (tertiary/aromatic N) is 3. The van der Waals surface area contributed by atoms with Crippen molar-refractivity contribution >= 4 is 17.2 Å². The highest BCUT2D eigenvalue weighted by molar-refractivity contribution is 7.13. The average Bonchev–Trinajstić information content (AvgIpc) is 3.11. The maximum absolute atomic E-state index is 13.8. The minimum absolute atomic E-state index is 0.0842. The van der Waals surface area contributed by atoms with Gasteiger partial charge < -0.3 is 9.64 Å². The smallest absolute Gasteiger partial charge is 0.228 e. The van der Waals surface area contributed by atoms with Crippen LogP contribution in [-0.4, -0.2) is 34.9 Å². The first-order valence-corrected chi connectivity index (χ1v) is 8.87. The molecule has 0 aliphatic rings. The monoisotopic (exact) mass is 371 g/mol. The van der Waals surface area contributed by atoms with Crippen LogP contribution in [0.2, 0.25) is 0 Å². The number of thiazole rings is 1. The van der Waals surface area contributed by atoms with Gasteiger partial charge in [-0.15, -0.1) is 11.3 Å². The number of pyridine rings is 1. The molecule has 7 heteroatoms. The molecule has 1 aromatic carbocycles. The van der Waals surface area contributed by atoms with E-state index in [4.69, 9.17) is 4.74 Å². The SMILES string of the molecule is COc1ccc(CN(C)C(=O)Cc2csc(-c3ccccn3)n2)cc1F. The fraction of sp³-hybridized carbons (Fsp3) is 0.211. The Bertz CT molecular complexity index is 899. The lowest BCUT2D eigenvalue weighted by Gasteiger charge is -2.17. The number of rotatable bonds is 6. The van der Waals surface area contributed by atoms with Gasteiger partial charge in [-0.05, 0) is 29.8 Å². The summed E-state index contributed by atoms with van der Waals surface area (Å²) in [6.07, 6.45) is 1.90. The Kier molecular flexibility index (Phi) is 5.58. The highest BCUT2D eigenvalue weighted by Crippen LogP contribution is 2.22. The number of carbonyl (C=O) groups is 1. The Hall–Kier alpha value is -2.80. The average molecular weight is 371 g/mol. The van der Waals surface area contributed by atoms with Gasteiger partial charge in [-0.1, -0.05) is 12.1 Å². The Labute approximate surface area is 155 Å². The van der Waals surface area contributed by atoms with E-state index in [0.717, 1.165) is 10.7 Å². The lowest BCUT2D eigenvalue weighted by atomic mass is 10.2.